The first-order chi connectivity index (χ1) is 11.2. The van der Waals surface area contributed by atoms with Gasteiger partial charge in [-0.2, -0.15) is 0 Å². The molecule has 7 heteroatoms. The molecule has 0 spiro atoms. The zero-order chi connectivity index (χ0) is 18.9. The third-order valence-electron chi connectivity index (χ3n) is 3.96. The first kappa shape index (κ1) is 22.7. The first-order valence-corrected chi connectivity index (χ1v) is 8.70. The van der Waals surface area contributed by atoms with Gasteiger partial charge in [0.15, 0.2) is 0 Å². The monoisotopic (exact) mass is 342 g/mol. The molecule has 0 aliphatic heterocycles. The fraction of sp³-hybridized carbons (Fsp3) is 0.824. The van der Waals surface area contributed by atoms with Crippen LogP contribution in [-0.2, 0) is 14.4 Å². The van der Waals surface area contributed by atoms with Gasteiger partial charge in [0.2, 0.25) is 11.8 Å². The number of aldehydes is 1. The topological polar surface area (TPSA) is 133 Å². The van der Waals surface area contributed by atoms with Gasteiger partial charge in [-0.3, -0.25) is 14.5 Å². The van der Waals surface area contributed by atoms with E-state index in [0.29, 0.717) is 32.1 Å². The van der Waals surface area contributed by atoms with Crippen LogP contribution < -0.4 is 17.2 Å². The number of nitrogens with two attached hydrogens (primary N) is 3. The SMILES string of the molecule is CC(C)C[C@H](N)C(=O)N(C(=O)[C@@H](N)C(C)C)[C@H](C=O)CCCCN. The van der Waals surface area contributed by atoms with Crippen LogP contribution in [-0.4, -0.2) is 47.7 Å². The Kier molecular flexibility index (Phi) is 10.7. The predicted molar refractivity (Wildman–Crippen MR) is 94.9 cm³/mol. The fourth-order valence-electron chi connectivity index (χ4n) is 2.42. The van der Waals surface area contributed by atoms with Gasteiger partial charge in [0.05, 0.1) is 18.1 Å². The molecule has 140 valence electrons. The van der Waals surface area contributed by atoms with Crippen LogP contribution in [0.2, 0.25) is 0 Å². The van der Waals surface area contributed by atoms with Crippen molar-refractivity contribution < 1.29 is 14.4 Å². The van der Waals surface area contributed by atoms with Crippen LogP contribution >= 0.6 is 0 Å². The summed E-state index contributed by atoms with van der Waals surface area (Å²) in [4.78, 5) is 37.9. The lowest BCUT2D eigenvalue weighted by molar-refractivity contribution is -0.152. The number of carbonyl (C=O) groups excluding carboxylic acids is 3. The molecule has 2 amide bonds. The summed E-state index contributed by atoms with van der Waals surface area (Å²) in [5.41, 5.74) is 17.4. The predicted octanol–water partition coefficient (Wildman–Crippen LogP) is 0.395. The molecule has 3 atom stereocenters. The Morgan fingerprint density at radius 2 is 1.62 bits per heavy atom. The fourth-order valence-corrected chi connectivity index (χ4v) is 2.42. The van der Waals surface area contributed by atoms with Crippen LogP contribution in [0.25, 0.3) is 0 Å². The molecule has 0 aromatic carbocycles. The zero-order valence-corrected chi connectivity index (χ0v) is 15.4. The van der Waals surface area contributed by atoms with Crippen LogP contribution in [0.5, 0.6) is 0 Å². The second-order valence-electron chi connectivity index (χ2n) is 7.04. The van der Waals surface area contributed by atoms with Gasteiger partial charge in [-0.25, -0.2) is 0 Å². The van der Waals surface area contributed by atoms with Gasteiger partial charge in [0, 0.05) is 0 Å². The minimum absolute atomic E-state index is 0.148. The van der Waals surface area contributed by atoms with Crippen molar-refractivity contribution in [3.63, 3.8) is 0 Å². The standard InChI is InChI=1S/C17H34N4O3/c1-11(2)9-14(19)16(23)21(17(24)15(20)12(3)4)13(10-22)7-5-6-8-18/h10-15H,5-9,18-20H2,1-4H3/t13-,14-,15-/m0/s1. The van der Waals surface area contributed by atoms with E-state index in [1.54, 1.807) is 13.8 Å². The van der Waals surface area contributed by atoms with E-state index in [1.165, 1.54) is 0 Å². The Balaban J connectivity index is 5.43. The second kappa shape index (κ2) is 11.3. The summed E-state index contributed by atoms with van der Waals surface area (Å²) in [5, 5.41) is 0. The highest BCUT2D eigenvalue weighted by Gasteiger charge is 2.36. The average molecular weight is 342 g/mol. The molecular weight excluding hydrogens is 308 g/mol. The highest BCUT2D eigenvalue weighted by atomic mass is 16.2. The largest absolute Gasteiger partial charge is 0.330 e. The molecule has 6 N–H and O–H groups in total. The molecule has 0 fully saturated rings. The van der Waals surface area contributed by atoms with E-state index < -0.39 is 29.9 Å². The highest BCUT2D eigenvalue weighted by Crippen LogP contribution is 2.15. The van der Waals surface area contributed by atoms with Gasteiger partial charge in [-0.15, -0.1) is 0 Å². The molecule has 0 radical (unpaired) electrons. The molecule has 0 aliphatic carbocycles. The smallest absolute Gasteiger partial charge is 0.247 e. The van der Waals surface area contributed by atoms with Crippen LogP contribution in [0.1, 0.15) is 53.4 Å². The van der Waals surface area contributed by atoms with Gasteiger partial charge in [0.1, 0.15) is 6.29 Å². The first-order valence-electron chi connectivity index (χ1n) is 8.70. The molecule has 0 saturated heterocycles. The van der Waals surface area contributed by atoms with Crippen LogP contribution in [0.3, 0.4) is 0 Å². The second-order valence-corrected chi connectivity index (χ2v) is 7.04. The van der Waals surface area contributed by atoms with Crippen molar-refractivity contribution >= 4 is 18.1 Å². The normalized spacial score (nSPS) is 15.2. The molecule has 0 aromatic heterocycles. The summed E-state index contributed by atoms with van der Waals surface area (Å²) < 4.78 is 0. The van der Waals surface area contributed by atoms with Crippen molar-refractivity contribution in [2.45, 2.75) is 71.5 Å². The molecular formula is C17H34N4O3. The number of hydrogen-bond acceptors (Lipinski definition) is 6. The molecule has 24 heavy (non-hydrogen) atoms. The highest BCUT2D eigenvalue weighted by molar-refractivity contribution is 6.02. The minimum atomic E-state index is -0.850. The lowest BCUT2D eigenvalue weighted by Gasteiger charge is -2.32. The maximum Gasteiger partial charge on any atom is 0.247 e. The molecule has 0 aromatic rings. The Morgan fingerprint density at radius 3 is 2.04 bits per heavy atom. The Bertz CT molecular complexity index is 413. The van der Waals surface area contributed by atoms with Crippen molar-refractivity contribution in [3.05, 3.63) is 0 Å². The summed E-state index contributed by atoms with van der Waals surface area (Å²) in [5.74, 6) is -1.02. The number of rotatable bonds is 11. The van der Waals surface area contributed by atoms with E-state index in [9.17, 15) is 14.4 Å². The summed E-state index contributed by atoms with van der Waals surface area (Å²) in [6, 6.07) is -2.53. The number of amides is 2. The summed E-state index contributed by atoms with van der Waals surface area (Å²) in [7, 11) is 0. The van der Waals surface area contributed by atoms with Gasteiger partial charge < -0.3 is 22.0 Å². The van der Waals surface area contributed by atoms with Gasteiger partial charge in [-0.1, -0.05) is 27.7 Å². The third kappa shape index (κ3) is 7.07. The van der Waals surface area contributed by atoms with Crippen molar-refractivity contribution in [2.75, 3.05) is 6.54 Å². The number of carbonyl (C=O) groups is 3. The lowest BCUT2D eigenvalue weighted by atomic mass is 9.98. The van der Waals surface area contributed by atoms with Crippen LogP contribution in [0, 0.1) is 11.8 Å². The van der Waals surface area contributed by atoms with Crippen molar-refractivity contribution in [1.82, 2.24) is 4.90 Å². The molecule has 0 rings (SSSR count). The number of nitrogens with zero attached hydrogens (tertiary/aromatic N) is 1. The minimum Gasteiger partial charge on any atom is -0.330 e. The quantitative estimate of drug-likeness (QED) is 0.367. The van der Waals surface area contributed by atoms with Crippen molar-refractivity contribution in [3.8, 4) is 0 Å². The number of imide groups is 1. The Morgan fingerprint density at radius 1 is 1.04 bits per heavy atom. The van der Waals surface area contributed by atoms with Gasteiger partial charge in [0.25, 0.3) is 0 Å². The van der Waals surface area contributed by atoms with Gasteiger partial charge in [-0.05, 0) is 44.1 Å². The van der Waals surface area contributed by atoms with Crippen LogP contribution in [0.15, 0.2) is 0 Å². The summed E-state index contributed by atoms with van der Waals surface area (Å²) in [6.07, 6.45) is 2.80. The number of hydrogen-bond donors (Lipinski definition) is 3. The maximum atomic E-state index is 12.7. The molecule has 7 nitrogen and oxygen atoms in total. The van der Waals surface area contributed by atoms with E-state index >= 15 is 0 Å². The van der Waals surface area contributed by atoms with Gasteiger partial charge >= 0.3 is 0 Å². The Hall–Kier alpha value is -1.31. The van der Waals surface area contributed by atoms with Crippen molar-refractivity contribution in [2.24, 2.45) is 29.0 Å². The van der Waals surface area contributed by atoms with E-state index in [2.05, 4.69) is 0 Å². The van der Waals surface area contributed by atoms with Crippen LogP contribution in [0.4, 0.5) is 0 Å². The lowest BCUT2D eigenvalue weighted by Crippen LogP contribution is -2.57. The number of unbranched alkanes of at least 4 members (excludes halogenated alkanes) is 1. The zero-order valence-electron chi connectivity index (χ0n) is 15.4. The molecule has 0 saturated carbocycles. The maximum absolute atomic E-state index is 12.7. The van der Waals surface area contributed by atoms with E-state index in [4.69, 9.17) is 17.2 Å². The third-order valence-corrected chi connectivity index (χ3v) is 3.96. The molecule has 0 aliphatic rings. The average Bonchev–Trinajstić information content (AvgIpc) is 2.51. The molecule has 0 heterocycles. The molecule has 0 bridgehead atoms. The Labute approximate surface area is 145 Å². The van der Waals surface area contributed by atoms with Crippen molar-refractivity contribution in [1.29, 1.82) is 0 Å². The van der Waals surface area contributed by atoms with E-state index in [-0.39, 0.29) is 11.8 Å². The summed E-state index contributed by atoms with van der Waals surface area (Å²) >= 11 is 0. The van der Waals surface area contributed by atoms with E-state index in [1.807, 2.05) is 13.8 Å². The summed E-state index contributed by atoms with van der Waals surface area (Å²) in [6.45, 7) is 7.97. The van der Waals surface area contributed by atoms with E-state index in [0.717, 1.165) is 11.3 Å². The molecule has 0 unspecified atom stereocenters.